The number of aryl methyl sites for hydroxylation is 1. The molecular formula is C22H24Cl2O. The van der Waals surface area contributed by atoms with E-state index in [1.807, 2.05) is 0 Å². The normalized spacial score (nSPS) is 20.4. The third-order valence-electron chi connectivity index (χ3n) is 5.35. The molecule has 3 rings (SSSR count). The quantitative estimate of drug-likeness (QED) is 0.497. The number of carbonyl (C=O) groups is 1. The number of hydrogen-bond acceptors (Lipinski definition) is 1. The van der Waals surface area contributed by atoms with E-state index in [2.05, 4.69) is 30.3 Å². The van der Waals surface area contributed by atoms with Crippen LogP contribution in [0.15, 0.2) is 48.5 Å². The SMILES string of the molecule is O=C(CC1CCC(CCc2ccccc2)CC1)c1cc(Cl)ccc1Cl. The highest BCUT2D eigenvalue weighted by Gasteiger charge is 2.24. The molecule has 0 aromatic heterocycles. The number of hydrogen-bond donors (Lipinski definition) is 0. The smallest absolute Gasteiger partial charge is 0.164 e. The molecule has 2 aromatic rings. The Kier molecular flexibility index (Phi) is 6.56. The van der Waals surface area contributed by atoms with Crippen molar-refractivity contribution in [1.82, 2.24) is 0 Å². The molecule has 1 saturated carbocycles. The predicted octanol–water partition coefficient (Wildman–Crippen LogP) is 7.01. The van der Waals surface area contributed by atoms with E-state index in [1.54, 1.807) is 18.2 Å². The Bertz CT molecular complexity index is 703. The molecule has 0 unspecified atom stereocenters. The highest BCUT2D eigenvalue weighted by atomic mass is 35.5. The maximum atomic E-state index is 12.5. The van der Waals surface area contributed by atoms with Gasteiger partial charge in [-0.2, -0.15) is 0 Å². The molecule has 0 saturated heterocycles. The summed E-state index contributed by atoms with van der Waals surface area (Å²) in [6.45, 7) is 0. The van der Waals surface area contributed by atoms with Gasteiger partial charge in [0.15, 0.2) is 5.78 Å². The van der Waals surface area contributed by atoms with Crippen LogP contribution in [0.25, 0.3) is 0 Å². The van der Waals surface area contributed by atoms with Crippen molar-refractivity contribution in [3.63, 3.8) is 0 Å². The Morgan fingerprint density at radius 1 is 0.920 bits per heavy atom. The fourth-order valence-corrected chi connectivity index (χ4v) is 4.22. The van der Waals surface area contributed by atoms with Gasteiger partial charge >= 0.3 is 0 Å². The van der Waals surface area contributed by atoms with Crippen LogP contribution in [0.4, 0.5) is 0 Å². The average Bonchev–Trinajstić information content (AvgIpc) is 2.64. The van der Waals surface area contributed by atoms with Crippen LogP contribution in [0.5, 0.6) is 0 Å². The molecule has 0 atom stereocenters. The number of rotatable bonds is 6. The fraction of sp³-hybridized carbons (Fsp3) is 0.409. The molecule has 1 nitrogen and oxygen atoms in total. The predicted molar refractivity (Wildman–Crippen MR) is 106 cm³/mol. The second kappa shape index (κ2) is 8.87. The lowest BCUT2D eigenvalue weighted by atomic mass is 9.77. The number of carbonyl (C=O) groups excluding carboxylic acids is 1. The molecule has 1 fully saturated rings. The number of ketones is 1. The van der Waals surface area contributed by atoms with Crippen molar-refractivity contribution in [3.05, 3.63) is 69.7 Å². The van der Waals surface area contributed by atoms with E-state index in [-0.39, 0.29) is 5.78 Å². The zero-order chi connectivity index (χ0) is 17.6. The maximum Gasteiger partial charge on any atom is 0.164 e. The first-order valence-corrected chi connectivity index (χ1v) is 9.89. The minimum Gasteiger partial charge on any atom is -0.294 e. The van der Waals surface area contributed by atoms with Crippen molar-refractivity contribution in [2.45, 2.75) is 44.9 Å². The first kappa shape index (κ1) is 18.5. The average molecular weight is 375 g/mol. The fourth-order valence-electron chi connectivity index (χ4n) is 3.82. The molecular weight excluding hydrogens is 351 g/mol. The van der Waals surface area contributed by atoms with Crippen LogP contribution in [-0.2, 0) is 6.42 Å². The molecule has 0 radical (unpaired) electrons. The lowest BCUT2D eigenvalue weighted by Crippen LogP contribution is -2.18. The van der Waals surface area contributed by atoms with Crippen LogP contribution in [0.3, 0.4) is 0 Å². The summed E-state index contributed by atoms with van der Waals surface area (Å²) in [5.41, 5.74) is 2.00. The Morgan fingerprint density at radius 2 is 1.60 bits per heavy atom. The molecule has 0 amide bonds. The van der Waals surface area contributed by atoms with Gasteiger partial charge in [0.1, 0.15) is 0 Å². The van der Waals surface area contributed by atoms with Gasteiger partial charge in [0.05, 0.1) is 5.02 Å². The Labute approximate surface area is 160 Å². The molecule has 0 heterocycles. The van der Waals surface area contributed by atoms with Gasteiger partial charge in [0.25, 0.3) is 0 Å². The lowest BCUT2D eigenvalue weighted by Gasteiger charge is -2.28. The Balaban J connectivity index is 1.46. The van der Waals surface area contributed by atoms with E-state index in [1.165, 1.54) is 24.8 Å². The minimum atomic E-state index is 0.125. The monoisotopic (exact) mass is 374 g/mol. The number of benzene rings is 2. The first-order valence-electron chi connectivity index (χ1n) is 9.14. The van der Waals surface area contributed by atoms with E-state index in [0.717, 1.165) is 25.2 Å². The van der Waals surface area contributed by atoms with E-state index in [9.17, 15) is 4.79 Å². The second-order valence-electron chi connectivity index (χ2n) is 7.16. The first-order chi connectivity index (χ1) is 12.1. The minimum absolute atomic E-state index is 0.125. The van der Waals surface area contributed by atoms with Crippen LogP contribution in [-0.4, -0.2) is 5.78 Å². The Morgan fingerprint density at radius 3 is 2.32 bits per heavy atom. The van der Waals surface area contributed by atoms with Crippen molar-refractivity contribution in [2.75, 3.05) is 0 Å². The molecule has 132 valence electrons. The molecule has 0 spiro atoms. The highest BCUT2D eigenvalue weighted by Crippen LogP contribution is 2.34. The van der Waals surface area contributed by atoms with Crippen LogP contribution >= 0.6 is 23.2 Å². The van der Waals surface area contributed by atoms with E-state index in [4.69, 9.17) is 23.2 Å². The lowest BCUT2D eigenvalue weighted by molar-refractivity contribution is 0.0942. The van der Waals surface area contributed by atoms with Gasteiger partial charge in [-0.05, 0) is 61.3 Å². The zero-order valence-corrected chi connectivity index (χ0v) is 15.9. The van der Waals surface area contributed by atoms with Crippen molar-refractivity contribution >= 4 is 29.0 Å². The van der Waals surface area contributed by atoms with Crippen molar-refractivity contribution in [2.24, 2.45) is 11.8 Å². The molecule has 1 aliphatic rings. The van der Waals surface area contributed by atoms with Crippen LogP contribution < -0.4 is 0 Å². The molecule has 3 heteroatoms. The maximum absolute atomic E-state index is 12.5. The summed E-state index contributed by atoms with van der Waals surface area (Å²) in [6.07, 6.45) is 7.75. The molecule has 2 aromatic carbocycles. The largest absolute Gasteiger partial charge is 0.294 e. The van der Waals surface area contributed by atoms with Crippen molar-refractivity contribution < 1.29 is 4.79 Å². The van der Waals surface area contributed by atoms with E-state index >= 15 is 0 Å². The molecule has 25 heavy (non-hydrogen) atoms. The van der Waals surface area contributed by atoms with Gasteiger partial charge in [-0.15, -0.1) is 0 Å². The van der Waals surface area contributed by atoms with Crippen LogP contribution in [0, 0.1) is 11.8 Å². The zero-order valence-electron chi connectivity index (χ0n) is 14.4. The van der Waals surface area contributed by atoms with Gasteiger partial charge in [-0.3, -0.25) is 4.79 Å². The highest BCUT2D eigenvalue weighted by molar-refractivity contribution is 6.35. The second-order valence-corrected chi connectivity index (χ2v) is 8.01. The van der Waals surface area contributed by atoms with Crippen molar-refractivity contribution in [3.8, 4) is 0 Å². The van der Waals surface area contributed by atoms with E-state index in [0.29, 0.717) is 27.9 Å². The van der Waals surface area contributed by atoms with Crippen LogP contribution in [0.2, 0.25) is 10.0 Å². The summed E-state index contributed by atoms with van der Waals surface area (Å²) in [5, 5.41) is 1.07. The standard InChI is InChI=1S/C22H24Cl2O/c23-19-12-13-21(24)20(15-19)22(25)14-18-10-8-17(9-11-18)7-6-16-4-2-1-3-5-16/h1-5,12-13,15,17-18H,6-11,14H2. The van der Waals surface area contributed by atoms with Gasteiger partial charge in [-0.25, -0.2) is 0 Å². The van der Waals surface area contributed by atoms with E-state index < -0.39 is 0 Å². The third kappa shape index (κ3) is 5.33. The molecule has 0 bridgehead atoms. The van der Waals surface area contributed by atoms with Gasteiger partial charge in [-0.1, -0.05) is 66.4 Å². The van der Waals surface area contributed by atoms with Gasteiger partial charge in [0, 0.05) is 17.0 Å². The van der Waals surface area contributed by atoms with Crippen LogP contribution in [0.1, 0.15) is 54.4 Å². The number of Topliss-reactive ketones (excluding diaryl/α,β-unsaturated/α-hetero) is 1. The number of halogens is 2. The summed E-state index contributed by atoms with van der Waals surface area (Å²) in [5.74, 6) is 1.40. The summed E-state index contributed by atoms with van der Waals surface area (Å²) in [4.78, 5) is 12.5. The van der Waals surface area contributed by atoms with Crippen molar-refractivity contribution in [1.29, 1.82) is 0 Å². The molecule has 0 N–H and O–H groups in total. The molecule has 0 aliphatic heterocycles. The van der Waals surface area contributed by atoms with Gasteiger partial charge in [0.2, 0.25) is 0 Å². The summed E-state index contributed by atoms with van der Waals surface area (Å²) in [6, 6.07) is 15.8. The third-order valence-corrected chi connectivity index (χ3v) is 5.92. The summed E-state index contributed by atoms with van der Waals surface area (Å²) >= 11 is 12.1. The van der Waals surface area contributed by atoms with Gasteiger partial charge < -0.3 is 0 Å². The summed E-state index contributed by atoms with van der Waals surface area (Å²) in [7, 11) is 0. The molecule has 1 aliphatic carbocycles. The topological polar surface area (TPSA) is 17.1 Å². The Hall–Kier alpha value is -1.31. The summed E-state index contributed by atoms with van der Waals surface area (Å²) < 4.78 is 0.